The molecule has 43 heavy (non-hydrogen) atoms. The molecule has 1 fully saturated rings. The van der Waals surface area contributed by atoms with Crippen LogP contribution in [-0.4, -0.2) is 43.0 Å². The molecule has 0 spiro atoms. The number of amides is 3. The number of para-hydroxylation sites is 1. The van der Waals surface area contributed by atoms with Gasteiger partial charge in [-0.1, -0.05) is 85.8 Å². The van der Waals surface area contributed by atoms with Gasteiger partial charge in [-0.15, -0.1) is 0 Å². The van der Waals surface area contributed by atoms with Crippen molar-refractivity contribution in [2.45, 2.75) is 32.3 Å². The van der Waals surface area contributed by atoms with Crippen molar-refractivity contribution >= 4 is 23.3 Å². The first kappa shape index (κ1) is 29.9. The molecule has 0 unspecified atom stereocenters. The maximum atomic E-state index is 13.6. The summed E-state index contributed by atoms with van der Waals surface area (Å²) in [7, 11) is 0. The van der Waals surface area contributed by atoms with Crippen molar-refractivity contribution in [2.75, 3.05) is 36.8 Å². The number of nitrogens with one attached hydrogen (secondary N) is 3. The van der Waals surface area contributed by atoms with Crippen molar-refractivity contribution in [1.29, 1.82) is 0 Å². The molecule has 4 aromatic rings. The zero-order chi connectivity index (χ0) is 29.9. The Kier molecular flexibility index (Phi) is 10.4. The Morgan fingerprint density at radius 3 is 2.00 bits per heavy atom. The van der Waals surface area contributed by atoms with E-state index in [-0.39, 0.29) is 5.91 Å². The number of benzene rings is 4. The van der Waals surface area contributed by atoms with Gasteiger partial charge in [-0.3, -0.25) is 4.79 Å². The molecule has 0 radical (unpaired) electrons. The van der Waals surface area contributed by atoms with E-state index in [1.165, 1.54) is 12.8 Å². The van der Waals surface area contributed by atoms with Gasteiger partial charge >= 0.3 is 6.03 Å². The Bertz CT molecular complexity index is 1420. The highest BCUT2D eigenvalue weighted by Crippen LogP contribution is 2.32. The molecule has 1 heterocycles. The van der Waals surface area contributed by atoms with Gasteiger partial charge < -0.3 is 25.6 Å². The zero-order valence-corrected chi connectivity index (χ0v) is 24.7. The lowest BCUT2D eigenvalue weighted by molar-refractivity contribution is 0.0944. The van der Waals surface area contributed by atoms with Crippen LogP contribution in [0.15, 0.2) is 109 Å². The summed E-state index contributed by atoms with van der Waals surface area (Å²) in [6.07, 6.45) is 2.91. The van der Waals surface area contributed by atoms with Crippen LogP contribution in [0.25, 0.3) is 0 Å². The fourth-order valence-corrected chi connectivity index (χ4v) is 5.30. The molecule has 0 aliphatic carbocycles. The van der Waals surface area contributed by atoms with E-state index in [0.29, 0.717) is 29.2 Å². The van der Waals surface area contributed by atoms with E-state index in [1.54, 1.807) is 18.2 Å². The number of carbonyl (C=O) groups excluding carboxylic acids is 2. The van der Waals surface area contributed by atoms with Crippen LogP contribution in [-0.2, 0) is 0 Å². The summed E-state index contributed by atoms with van der Waals surface area (Å²) in [4.78, 5) is 28.8. The predicted molar refractivity (Wildman–Crippen MR) is 173 cm³/mol. The molecule has 7 nitrogen and oxygen atoms in total. The van der Waals surface area contributed by atoms with E-state index in [1.807, 2.05) is 91.0 Å². The lowest BCUT2D eigenvalue weighted by Crippen LogP contribution is -2.35. The molecule has 222 valence electrons. The first-order chi connectivity index (χ1) is 21.0. The molecule has 1 aliphatic rings. The van der Waals surface area contributed by atoms with Crippen molar-refractivity contribution < 1.29 is 14.3 Å². The van der Waals surface area contributed by atoms with E-state index >= 15 is 0 Å². The van der Waals surface area contributed by atoms with E-state index < -0.39 is 12.1 Å². The number of nitrogens with zero attached hydrogens (tertiary/aromatic N) is 1. The van der Waals surface area contributed by atoms with Crippen LogP contribution in [0.5, 0.6) is 5.75 Å². The Hall–Kier alpha value is -4.62. The van der Waals surface area contributed by atoms with Crippen LogP contribution in [0.1, 0.15) is 53.8 Å². The van der Waals surface area contributed by atoms with Gasteiger partial charge in [0.25, 0.3) is 5.91 Å². The second kappa shape index (κ2) is 15.0. The van der Waals surface area contributed by atoms with E-state index in [4.69, 9.17) is 4.74 Å². The topological polar surface area (TPSA) is 82.7 Å². The molecule has 0 bridgehead atoms. The van der Waals surface area contributed by atoms with Crippen molar-refractivity contribution in [1.82, 2.24) is 10.2 Å². The first-order valence-electron chi connectivity index (χ1n) is 15.1. The maximum absolute atomic E-state index is 13.6. The Morgan fingerprint density at radius 2 is 1.37 bits per heavy atom. The van der Waals surface area contributed by atoms with Crippen LogP contribution in [0.3, 0.4) is 0 Å². The molecule has 4 aromatic carbocycles. The second-order valence-corrected chi connectivity index (χ2v) is 11.1. The van der Waals surface area contributed by atoms with Crippen molar-refractivity contribution in [3.05, 3.63) is 126 Å². The summed E-state index contributed by atoms with van der Waals surface area (Å²) in [6.45, 7) is 6.06. The third-order valence-electron chi connectivity index (χ3n) is 7.78. The summed E-state index contributed by atoms with van der Waals surface area (Å²) in [5, 5.41) is 8.76. The highest BCUT2D eigenvalue weighted by molar-refractivity contribution is 6.02. The van der Waals surface area contributed by atoms with Gasteiger partial charge in [0.05, 0.1) is 5.56 Å². The molecule has 0 aromatic heterocycles. The number of rotatable bonds is 11. The largest absolute Gasteiger partial charge is 0.480 e. The Balaban J connectivity index is 1.34. The smallest absolute Gasteiger partial charge is 0.323 e. The highest BCUT2D eigenvalue weighted by Gasteiger charge is 2.21. The lowest BCUT2D eigenvalue weighted by Gasteiger charge is -2.30. The number of likely N-dealkylation sites (tertiary alicyclic amines) is 1. The molecule has 7 heteroatoms. The normalized spacial score (nSPS) is 13.8. The molecule has 1 aliphatic heterocycles. The predicted octanol–water partition coefficient (Wildman–Crippen LogP) is 7.35. The summed E-state index contributed by atoms with van der Waals surface area (Å²) < 4.78 is 6.61. The van der Waals surface area contributed by atoms with E-state index in [2.05, 4.69) is 27.8 Å². The van der Waals surface area contributed by atoms with E-state index in [0.717, 1.165) is 43.1 Å². The minimum atomic E-state index is -0.421. The average Bonchev–Trinajstić information content (AvgIpc) is 3.04. The Labute approximate surface area is 254 Å². The number of anilines is 2. The number of hydrogen-bond acceptors (Lipinski definition) is 4. The molecule has 0 saturated carbocycles. The van der Waals surface area contributed by atoms with Gasteiger partial charge in [0, 0.05) is 17.9 Å². The number of carbonyl (C=O) groups is 2. The SMILES string of the molecule is CC1CCN(CCCNC(=O)c2cc(NC(=O)Nc3ccccc3)ccc2OC(c2ccccc2)c2ccccc2)CC1. The lowest BCUT2D eigenvalue weighted by atomic mass is 9.99. The van der Waals surface area contributed by atoms with Gasteiger partial charge in [-0.2, -0.15) is 0 Å². The molecule has 1 saturated heterocycles. The standard InChI is InChI=1S/C36H40N4O3/c1-27-20-24-40(25-21-27)23-11-22-37-35(41)32-26-31(39-36(42)38-30-16-9-4-10-17-30)18-19-33(32)43-34(28-12-5-2-6-13-28)29-14-7-3-8-15-29/h2-10,12-19,26-27,34H,11,20-25H2,1H3,(H,37,41)(H2,38,39,42). The minimum Gasteiger partial charge on any atom is -0.480 e. The monoisotopic (exact) mass is 576 g/mol. The Morgan fingerprint density at radius 1 is 0.791 bits per heavy atom. The number of hydrogen-bond donors (Lipinski definition) is 3. The van der Waals surface area contributed by atoms with Crippen LogP contribution < -0.4 is 20.7 Å². The number of ether oxygens (including phenoxy) is 1. The number of piperidine rings is 1. The first-order valence-corrected chi connectivity index (χ1v) is 15.1. The quantitative estimate of drug-likeness (QED) is 0.163. The van der Waals surface area contributed by atoms with Gasteiger partial charge in [0.2, 0.25) is 0 Å². The molecular formula is C36H40N4O3. The minimum absolute atomic E-state index is 0.241. The third kappa shape index (κ3) is 8.69. The second-order valence-electron chi connectivity index (χ2n) is 11.1. The fraction of sp³-hybridized carbons (Fsp3) is 0.278. The fourth-order valence-electron chi connectivity index (χ4n) is 5.30. The van der Waals surface area contributed by atoms with Gasteiger partial charge in [0.1, 0.15) is 11.9 Å². The van der Waals surface area contributed by atoms with Gasteiger partial charge in [0.15, 0.2) is 0 Å². The van der Waals surface area contributed by atoms with Crippen LogP contribution in [0.4, 0.5) is 16.2 Å². The maximum Gasteiger partial charge on any atom is 0.323 e. The van der Waals surface area contributed by atoms with E-state index in [9.17, 15) is 9.59 Å². The summed E-state index contributed by atoms with van der Waals surface area (Å²) in [6, 6.07) is 33.9. The summed E-state index contributed by atoms with van der Waals surface area (Å²) in [5.74, 6) is 0.990. The third-order valence-corrected chi connectivity index (χ3v) is 7.78. The molecular weight excluding hydrogens is 536 g/mol. The van der Waals surface area contributed by atoms with Gasteiger partial charge in [-0.05, 0) is 86.3 Å². The van der Waals surface area contributed by atoms with Crippen LogP contribution in [0, 0.1) is 5.92 Å². The van der Waals surface area contributed by atoms with Crippen LogP contribution >= 0.6 is 0 Å². The van der Waals surface area contributed by atoms with Crippen molar-refractivity contribution in [3.63, 3.8) is 0 Å². The molecule has 3 N–H and O–H groups in total. The average molecular weight is 577 g/mol. The van der Waals surface area contributed by atoms with Crippen LogP contribution in [0.2, 0.25) is 0 Å². The zero-order valence-electron chi connectivity index (χ0n) is 24.7. The van der Waals surface area contributed by atoms with Crippen molar-refractivity contribution in [3.8, 4) is 5.75 Å². The van der Waals surface area contributed by atoms with Crippen molar-refractivity contribution in [2.24, 2.45) is 5.92 Å². The molecule has 0 atom stereocenters. The summed E-state index contributed by atoms with van der Waals surface area (Å²) >= 11 is 0. The van der Waals surface area contributed by atoms with Gasteiger partial charge in [-0.25, -0.2) is 4.79 Å². The summed E-state index contributed by atoms with van der Waals surface area (Å²) in [5.41, 5.74) is 3.47. The highest BCUT2D eigenvalue weighted by atomic mass is 16.5. The molecule has 3 amide bonds. The number of urea groups is 1. The molecule has 5 rings (SSSR count).